The van der Waals surface area contributed by atoms with Gasteiger partial charge >= 0.3 is 11.3 Å². The highest BCUT2D eigenvalue weighted by molar-refractivity contribution is 7.91. The van der Waals surface area contributed by atoms with Gasteiger partial charge in [0.25, 0.3) is 26.1 Å². The van der Waals surface area contributed by atoms with Gasteiger partial charge in [-0.3, -0.25) is 23.7 Å². The van der Waals surface area contributed by atoms with E-state index in [0.717, 1.165) is 37.3 Å². The van der Waals surface area contributed by atoms with Crippen molar-refractivity contribution in [3.8, 4) is 23.0 Å². The number of anilines is 2. The van der Waals surface area contributed by atoms with E-state index in [1.807, 2.05) is 24.3 Å². The summed E-state index contributed by atoms with van der Waals surface area (Å²) in [5.41, 5.74) is 3.00. The number of rotatable bonds is 27. The maximum atomic E-state index is 13.7. The molecule has 2 atom stereocenters. The van der Waals surface area contributed by atoms with Crippen molar-refractivity contribution in [1.82, 2.24) is 19.8 Å². The predicted molar refractivity (Wildman–Crippen MR) is 282 cm³/mol. The van der Waals surface area contributed by atoms with Crippen LogP contribution in [0.15, 0.2) is 139 Å². The molecule has 2 aromatic heterocycles. The van der Waals surface area contributed by atoms with E-state index in [1.165, 1.54) is 86.3 Å². The number of sulfone groups is 1. The van der Waals surface area contributed by atoms with Crippen LogP contribution in [-0.2, 0) is 59.0 Å². The highest BCUT2D eigenvalue weighted by Gasteiger charge is 2.24. The Morgan fingerprint density at radius 3 is 1.92 bits per heavy atom. The molecule has 0 saturated heterocycles. The highest BCUT2D eigenvalue weighted by atomic mass is 32.2. The van der Waals surface area contributed by atoms with Gasteiger partial charge in [0.2, 0.25) is 15.5 Å². The van der Waals surface area contributed by atoms with Crippen LogP contribution in [0.1, 0.15) is 88.2 Å². The number of aromatic nitrogens is 4. The monoisotopic (exact) mass is 1120 g/mol. The summed E-state index contributed by atoms with van der Waals surface area (Å²) in [7, 11) is -13.7. The summed E-state index contributed by atoms with van der Waals surface area (Å²) >= 11 is -2.51. The van der Waals surface area contributed by atoms with Crippen LogP contribution in [0.3, 0.4) is 0 Å². The number of phenols is 2. The molecule has 2 heterocycles. The third-order valence-corrected chi connectivity index (χ3v) is 16.1. The lowest BCUT2D eigenvalue weighted by atomic mass is 10.0. The maximum Gasteiger partial charge on any atom is 0.316 e. The van der Waals surface area contributed by atoms with Crippen LogP contribution in [0.25, 0.3) is 5.65 Å². The van der Waals surface area contributed by atoms with Gasteiger partial charge in [-0.2, -0.15) is 21.0 Å². The van der Waals surface area contributed by atoms with E-state index in [0.29, 0.717) is 78.2 Å². The molecule has 0 aliphatic heterocycles. The zero-order chi connectivity index (χ0) is 54.6. The Hall–Kier alpha value is -7.23. The van der Waals surface area contributed by atoms with Crippen molar-refractivity contribution in [3.05, 3.63) is 126 Å². The average Bonchev–Trinajstić information content (AvgIpc) is 3.92. The molecule has 7 aromatic rings. The fourth-order valence-electron chi connectivity index (χ4n) is 7.89. The van der Waals surface area contributed by atoms with Gasteiger partial charge < -0.3 is 24.4 Å². The Morgan fingerprint density at radius 1 is 0.697 bits per heavy atom. The van der Waals surface area contributed by atoms with E-state index in [2.05, 4.69) is 42.5 Å². The molecule has 2 unspecified atom stereocenters. The molecule has 404 valence electrons. The SMILES string of the molecule is CCCCCCCCCCC(Oc1ccc(S(=O)(=O)c2ccc(O)cc2)cc1)C(=O)Nc1ccc(CCCc2nnc3c(N=Nc4ccc(NS(=O)Oc5cc(S(=O)(=O)O)cc(S(=O)(=O)O)c5)cc4O)c(C)[nH]n23)cc1. The second kappa shape index (κ2) is 25.1. The second-order valence-electron chi connectivity index (χ2n) is 17.7. The zero-order valence-corrected chi connectivity index (χ0v) is 44.5. The second-order valence-corrected chi connectivity index (χ2v) is 23.3. The first-order chi connectivity index (χ1) is 36.2. The van der Waals surface area contributed by atoms with Crippen LogP contribution in [0.5, 0.6) is 23.0 Å². The number of phenolic OH excluding ortho intramolecular Hbond substituents is 2. The number of azo groups is 1. The number of amides is 1. The minimum absolute atomic E-state index is 0.0122. The molecule has 7 rings (SSSR count). The molecule has 0 radical (unpaired) electrons. The first-order valence-corrected chi connectivity index (χ1v) is 29.5. The molecule has 76 heavy (non-hydrogen) atoms. The van der Waals surface area contributed by atoms with E-state index in [1.54, 1.807) is 11.4 Å². The molecule has 0 bridgehead atoms. The summed E-state index contributed by atoms with van der Waals surface area (Å²) in [6.07, 6.45) is 10.2. The van der Waals surface area contributed by atoms with E-state index < -0.39 is 68.7 Å². The summed E-state index contributed by atoms with van der Waals surface area (Å²) in [6.45, 7) is 3.95. The van der Waals surface area contributed by atoms with Gasteiger partial charge in [-0.05, 0) is 117 Å². The third kappa shape index (κ3) is 15.2. The number of aryl methyl sites for hydroxylation is 3. The van der Waals surface area contributed by atoms with Crippen molar-refractivity contribution < 1.29 is 62.5 Å². The first kappa shape index (κ1) is 56.5. The van der Waals surface area contributed by atoms with Crippen LogP contribution in [0, 0.1) is 6.92 Å². The molecule has 0 aliphatic rings. The number of carbonyl (C=O) groups is 1. The Kier molecular flexibility index (Phi) is 18.6. The normalized spacial score (nSPS) is 12.9. The van der Waals surface area contributed by atoms with Gasteiger partial charge in [0.15, 0.2) is 17.6 Å². The number of aromatic hydroxyl groups is 2. The van der Waals surface area contributed by atoms with Crippen molar-refractivity contribution in [2.45, 2.75) is 117 Å². The highest BCUT2D eigenvalue weighted by Crippen LogP contribution is 2.34. The molecule has 0 fully saturated rings. The number of ether oxygens (including phenoxy) is 1. The van der Waals surface area contributed by atoms with Crippen LogP contribution in [-0.4, -0.2) is 80.6 Å². The fourth-order valence-corrected chi connectivity index (χ4v) is 10.9. The summed E-state index contributed by atoms with van der Waals surface area (Å²) in [5, 5.41) is 43.5. The van der Waals surface area contributed by atoms with Gasteiger partial charge in [0.1, 0.15) is 28.7 Å². The Morgan fingerprint density at radius 2 is 1.30 bits per heavy atom. The zero-order valence-electron chi connectivity index (χ0n) is 41.2. The summed E-state index contributed by atoms with van der Waals surface area (Å²) in [4.78, 5) is 11.9. The Balaban J connectivity index is 0.925. The predicted octanol–water partition coefficient (Wildman–Crippen LogP) is 9.68. The summed E-state index contributed by atoms with van der Waals surface area (Å²) < 4.78 is 120. The largest absolute Gasteiger partial charge is 0.508 e. The molecule has 26 heteroatoms. The van der Waals surface area contributed by atoms with E-state index in [9.17, 15) is 53.6 Å². The van der Waals surface area contributed by atoms with Gasteiger partial charge in [0.05, 0.1) is 31.0 Å². The number of aromatic amines is 1. The average molecular weight is 1120 g/mol. The van der Waals surface area contributed by atoms with Gasteiger partial charge in [-0.1, -0.05) is 64.0 Å². The molecule has 0 aliphatic carbocycles. The molecule has 7 N–H and O–H groups in total. The number of nitrogens with zero attached hydrogens (tertiary/aromatic N) is 5. The lowest BCUT2D eigenvalue weighted by Crippen LogP contribution is -2.33. The van der Waals surface area contributed by atoms with Gasteiger partial charge in [0, 0.05) is 30.3 Å². The topological polar surface area (TPSA) is 331 Å². The molecule has 5 aromatic carbocycles. The number of H-pyrrole nitrogens is 1. The first-order valence-electron chi connectivity index (χ1n) is 24.0. The number of unbranched alkanes of at least 4 members (excludes halogenated alkanes) is 7. The number of hydrogen-bond acceptors (Lipinski definition) is 16. The van der Waals surface area contributed by atoms with Crippen LogP contribution in [0.4, 0.5) is 22.7 Å². The van der Waals surface area contributed by atoms with Crippen LogP contribution >= 0.6 is 0 Å². The van der Waals surface area contributed by atoms with Crippen molar-refractivity contribution >= 4 is 75.6 Å². The molecular weight excluding hydrogens is 1060 g/mol. The van der Waals surface area contributed by atoms with E-state index in [4.69, 9.17) is 8.92 Å². The lowest BCUT2D eigenvalue weighted by Gasteiger charge is -2.19. The van der Waals surface area contributed by atoms with Crippen molar-refractivity contribution in [2.24, 2.45) is 10.2 Å². The van der Waals surface area contributed by atoms with Gasteiger partial charge in [-0.15, -0.1) is 20.4 Å². The quantitative estimate of drug-likeness (QED) is 0.0143. The number of hydrogen-bond donors (Lipinski definition) is 7. The van der Waals surface area contributed by atoms with E-state index >= 15 is 0 Å². The summed E-state index contributed by atoms with van der Waals surface area (Å²) in [5.74, 6) is -0.383. The molecule has 0 saturated carbocycles. The molecule has 22 nitrogen and oxygen atoms in total. The number of carbonyl (C=O) groups excluding carboxylic acids is 1. The van der Waals surface area contributed by atoms with Crippen molar-refractivity contribution in [2.75, 3.05) is 10.0 Å². The Labute approximate surface area is 441 Å². The maximum absolute atomic E-state index is 13.7. The molecule has 0 spiro atoms. The van der Waals surface area contributed by atoms with E-state index in [-0.39, 0.29) is 32.8 Å². The van der Waals surface area contributed by atoms with Crippen LogP contribution < -0.4 is 19.0 Å². The third-order valence-electron chi connectivity index (χ3n) is 11.9. The number of benzene rings is 5. The minimum Gasteiger partial charge on any atom is -0.508 e. The molecular formula is C50H56N8O14S4. The minimum atomic E-state index is -4.95. The standard InChI is InChI=1S/C50H56N8O14S4/c1-3-4-5-6-7-8-9-10-13-46(71-38-22-26-41(27-23-38)74(63,64)40-24-20-37(59)21-25-40)50(61)51-35-17-15-34(16-18-35)12-11-14-47-53-55-49-48(33(2)56-58(47)49)54-52-44-28-19-36(29-45(44)60)57-73(62)72-39-30-42(75(65,66)67)32-43(31-39)76(68,69)70/h15-32,46,56-57,59-60H,3-14H2,1-2H3,(H,51,61)(H,65,66,67)(H,68,69,70). The lowest BCUT2D eigenvalue weighted by molar-refractivity contribution is -0.123. The van der Waals surface area contributed by atoms with Crippen molar-refractivity contribution in [3.63, 3.8) is 0 Å². The fraction of sp³-hybridized carbons (Fsp3) is 0.300. The Bertz CT molecular complexity index is 3500. The van der Waals surface area contributed by atoms with Crippen LogP contribution in [0.2, 0.25) is 0 Å². The number of nitrogens with one attached hydrogen (secondary N) is 3. The molecule has 1 amide bonds. The van der Waals surface area contributed by atoms with Crippen molar-refractivity contribution in [1.29, 1.82) is 0 Å². The number of fused-ring (bicyclic) bond motifs is 1. The smallest absolute Gasteiger partial charge is 0.316 e. The summed E-state index contributed by atoms with van der Waals surface area (Å²) in [6, 6.07) is 24.4. The van der Waals surface area contributed by atoms with Gasteiger partial charge in [-0.25, -0.2) is 12.9 Å².